The minimum atomic E-state index is -1.15. The molecule has 1 rings (SSSR count). The van der Waals surface area contributed by atoms with Gasteiger partial charge >= 0.3 is 5.97 Å². The van der Waals surface area contributed by atoms with E-state index in [1.54, 1.807) is 0 Å². The van der Waals surface area contributed by atoms with Crippen molar-refractivity contribution < 1.29 is 24.1 Å². The lowest BCUT2D eigenvalue weighted by molar-refractivity contribution is 0.0600. The highest BCUT2D eigenvalue weighted by Crippen LogP contribution is 2.37. The Morgan fingerprint density at radius 3 is 2.57 bits per heavy atom. The monoisotopic (exact) mass is 220 g/mol. The van der Waals surface area contributed by atoms with E-state index in [9.17, 15) is 9.18 Å². The molecule has 0 unspecified atom stereocenters. The largest absolute Gasteiger partial charge is 0.503 e. The third-order valence-corrected chi connectivity index (χ3v) is 1.95. The molecule has 0 saturated carbocycles. The molecular weight excluding hydrogens is 215 g/mol. The third-order valence-electron chi connectivity index (χ3n) is 1.57. The highest BCUT2D eigenvalue weighted by molar-refractivity contribution is 6.35. The van der Waals surface area contributed by atoms with Gasteiger partial charge < -0.3 is 14.9 Å². The molecule has 76 valence electrons. The first-order chi connectivity index (χ1) is 6.49. The first-order valence-corrected chi connectivity index (χ1v) is 3.85. The van der Waals surface area contributed by atoms with Crippen LogP contribution in [0.1, 0.15) is 10.4 Å². The number of methoxy groups -OCH3 is 1. The Bertz CT molecular complexity index is 391. The zero-order valence-electron chi connectivity index (χ0n) is 7.04. The molecule has 0 radical (unpaired) electrons. The number of ether oxygens (including phenoxy) is 1. The van der Waals surface area contributed by atoms with Crippen LogP contribution in [0.5, 0.6) is 11.5 Å². The van der Waals surface area contributed by atoms with Gasteiger partial charge in [0.2, 0.25) is 0 Å². The van der Waals surface area contributed by atoms with E-state index in [1.807, 2.05) is 0 Å². The lowest BCUT2D eigenvalue weighted by Crippen LogP contribution is -2.03. The third kappa shape index (κ3) is 1.58. The predicted molar refractivity (Wildman–Crippen MR) is 46.1 cm³/mol. The normalized spacial score (nSPS) is 9.93. The number of hydrogen-bond donors (Lipinski definition) is 2. The molecular formula is C8H6ClFO4. The molecule has 4 nitrogen and oxygen atoms in total. The van der Waals surface area contributed by atoms with Crippen molar-refractivity contribution in [2.45, 2.75) is 0 Å². The van der Waals surface area contributed by atoms with E-state index < -0.39 is 28.3 Å². The number of benzene rings is 1. The summed E-state index contributed by atoms with van der Waals surface area (Å²) in [6, 6.07) is 0.684. The average molecular weight is 221 g/mol. The average Bonchev–Trinajstić information content (AvgIpc) is 2.19. The van der Waals surface area contributed by atoms with Gasteiger partial charge in [0.25, 0.3) is 0 Å². The Morgan fingerprint density at radius 2 is 2.07 bits per heavy atom. The minimum Gasteiger partial charge on any atom is -0.503 e. The van der Waals surface area contributed by atoms with Crippen LogP contribution in [0.3, 0.4) is 0 Å². The molecule has 0 atom stereocenters. The summed E-state index contributed by atoms with van der Waals surface area (Å²) in [7, 11) is 1.08. The second-order valence-corrected chi connectivity index (χ2v) is 2.79. The molecule has 0 aliphatic rings. The van der Waals surface area contributed by atoms with E-state index in [1.165, 1.54) is 0 Å². The van der Waals surface area contributed by atoms with Gasteiger partial charge in [-0.1, -0.05) is 11.6 Å². The number of rotatable bonds is 1. The molecule has 0 spiro atoms. The van der Waals surface area contributed by atoms with Crippen LogP contribution < -0.4 is 0 Å². The predicted octanol–water partition coefficient (Wildman–Crippen LogP) is 1.68. The van der Waals surface area contributed by atoms with Crippen molar-refractivity contribution >= 4 is 17.6 Å². The van der Waals surface area contributed by atoms with Crippen LogP contribution in [-0.2, 0) is 4.74 Å². The van der Waals surface area contributed by atoms with Crippen molar-refractivity contribution in [1.29, 1.82) is 0 Å². The molecule has 1 aromatic carbocycles. The Balaban J connectivity index is 3.40. The van der Waals surface area contributed by atoms with Crippen LogP contribution in [0.4, 0.5) is 4.39 Å². The van der Waals surface area contributed by atoms with Crippen LogP contribution in [0, 0.1) is 5.82 Å². The highest BCUT2D eigenvalue weighted by Gasteiger charge is 2.20. The Morgan fingerprint density at radius 1 is 1.50 bits per heavy atom. The topological polar surface area (TPSA) is 66.8 Å². The Hall–Kier alpha value is -1.49. The van der Waals surface area contributed by atoms with E-state index >= 15 is 0 Å². The number of phenolic OH excluding ortho intramolecular Hbond substituents is 2. The molecule has 1 aromatic rings. The van der Waals surface area contributed by atoms with Crippen molar-refractivity contribution in [3.05, 3.63) is 22.5 Å². The van der Waals surface area contributed by atoms with Crippen LogP contribution >= 0.6 is 11.6 Å². The van der Waals surface area contributed by atoms with Crippen molar-refractivity contribution in [3.8, 4) is 11.5 Å². The van der Waals surface area contributed by atoms with Gasteiger partial charge in [0.15, 0.2) is 17.3 Å². The van der Waals surface area contributed by atoms with E-state index in [0.717, 1.165) is 7.11 Å². The van der Waals surface area contributed by atoms with Crippen LogP contribution in [0.15, 0.2) is 6.07 Å². The highest BCUT2D eigenvalue weighted by atomic mass is 35.5. The molecule has 0 aliphatic carbocycles. The van der Waals surface area contributed by atoms with Gasteiger partial charge in [-0.3, -0.25) is 0 Å². The summed E-state index contributed by atoms with van der Waals surface area (Å²) in [5, 5.41) is 17.5. The van der Waals surface area contributed by atoms with Crippen molar-refractivity contribution in [3.63, 3.8) is 0 Å². The smallest absolute Gasteiger partial charge is 0.339 e. The number of carbonyl (C=O) groups excluding carboxylic acids is 1. The lowest BCUT2D eigenvalue weighted by atomic mass is 10.2. The van der Waals surface area contributed by atoms with Gasteiger partial charge in [0.1, 0.15) is 5.02 Å². The molecule has 0 heterocycles. The maximum Gasteiger partial charge on any atom is 0.339 e. The van der Waals surface area contributed by atoms with Crippen LogP contribution in [-0.4, -0.2) is 23.3 Å². The van der Waals surface area contributed by atoms with Crippen molar-refractivity contribution in [1.82, 2.24) is 0 Å². The molecule has 0 amide bonds. The zero-order valence-corrected chi connectivity index (χ0v) is 7.80. The summed E-state index contributed by atoms with van der Waals surface area (Å²) in [4.78, 5) is 11.0. The number of esters is 1. The number of halogens is 2. The van der Waals surface area contributed by atoms with Gasteiger partial charge in [-0.15, -0.1) is 0 Å². The summed E-state index contributed by atoms with van der Waals surface area (Å²) in [5.74, 6) is -3.92. The second kappa shape index (κ2) is 3.71. The molecule has 0 fully saturated rings. The fourth-order valence-corrected chi connectivity index (χ4v) is 1.08. The van der Waals surface area contributed by atoms with Crippen LogP contribution in [0.2, 0.25) is 5.02 Å². The molecule has 0 bridgehead atoms. The van der Waals surface area contributed by atoms with Gasteiger partial charge in [0, 0.05) is 0 Å². The number of hydrogen-bond acceptors (Lipinski definition) is 4. The van der Waals surface area contributed by atoms with Gasteiger partial charge in [-0.25, -0.2) is 9.18 Å². The van der Waals surface area contributed by atoms with Gasteiger partial charge in [-0.2, -0.15) is 0 Å². The quantitative estimate of drug-likeness (QED) is 0.558. The van der Waals surface area contributed by atoms with Crippen LogP contribution in [0.25, 0.3) is 0 Å². The summed E-state index contributed by atoms with van der Waals surface area (Å²) < 4.78 is 17.1. The number of phenols is 2. The summed E-state index contributed by atoms with van der Waals surface area (Å²) in [5.41, 5.74) is -0.345. The molecule has 6 heteroatoms. The minimum absolute atomic E-state index is 0.345. The lowest BCUT2D eigenvalue weighted by Gasteiger charge is -2.06. The standard InChI is InChI=1S/C8H6ClFO4/c1-14-8(13)3-2-4(10)6(11)7(12)5(3)9/h2,11-12H,1H3. The summed E-state index contributed by atoms with van der Waals surface area (Å²) >= 11 is 5.47. The Kier molecular flexibility index (Phi) is 2.81. The first-order valence-electron chi connectivity index (χ1n) is 3.47. The van der Waals surface area contributed by atoms with Crippen molar-refractivity contribution in [2.75, 3.05) is 7.11 Å². The first kappa shape index (κ1) is 10.6. The zero-order chi connectivity index (χ0) is 10.9. The van der Waals surface area contributed by atoms with E-state index in [-0.39, 0.29) is 5.56 Å². The van der Waals surface area contributed by atoms with E-state index in [4.69, 9.17) is 21.8 Å². The van der Waals surface area contributed by atoms with E-state index in [0.29, 0.717) is 6.07 Å². The fraction of sp³-hybridized carbons (Fsp3) is 0.125. The Labute approximate surface area is 83.5 Å². The van der Waals surface area contributed by atoms with Gasteiger partial charge in [-0.05, 0) is 6.07 Å². The molecule has 0 saturated heterocycles. The molecule has 0 aliphatic heterocycles. The number of aromatic hydroxyl groups is 2. The van der Waals surface area contributed by atoms with Crippen molar-refractivity contribution in [2.24, 2.45) is 0 Å². The molecule has 2 N–H and O–H groups in total. The second-order valence-electron chi connectivity index (χ2n) is 2.41. The fourth-order valence-electron chi connectivity index (χ4n) is 0.862. The van der Waals surface area contributed by atoms with Gasteiger partial charge in [0.05, 0.1) is 12.7 Å². The molecule has 0 aromatic heterocycles. The summed E-state index contributed by atoms with van der Waals surface area (Å²) in [6.45, 7) is 0. The maximum absolute atomic E-state index is 12.8. The molecule has 14 heavy (non-hydrogen) atoms. The SMILES string of the molecule is COC(=O)c1cc(F)c(O)c(O)c1Cl. The summed E-state index contributed by atoms with van der Waals surface area (Å²) in [6.07, 6.45) is 0. The van der Waals surface area contributed by atoms with E-state index in [2.05, 4.69) is 4.74 Å². The maximum atomic E-state index is 12.8. The number of carbonyl (C=O) groups is 1.